The number of hydrogen-bond donors (Lipinski definition) is 2. The summed E-state index contributed by atoms with van der Waals surface area (Å²) in [6.45, 7) is 4.81. The van der Waals surface area contributed by atoms with Crippen molar-refractivity contribution >= 4 is 29.9 Å². The molecule has 0 saturated heterocycles. The van der Waals surface area contributed by atoms with Crippen LogP contribution in [0.1, 0.15) is 45.4 Å². The first-order valence-corrected chi connectivity index (χ1v) is 7.97. The van der Waals surface area contributed by atoms with E-state index in [0.29, 0.717) is 11.5 Å². The van der Waals surface area contributed by atoms with Crippen LogP contribution in [0, 0.1) is 5.41 Å². The van der Waals surface area contributed by atoms with Gasteiger partial charge in [0.05, 0.1) is 0 Å². The number of nitrogens with zero attached hydrogens (tertiary/aromatic N) is 1. The third-order valence-electron chi connectivity index (χ3n) is 4.52. The molecule has 2 rings (SSSR count). The van der Waals surface area contributed by atoms with Gasteiger partial charge in [0.2, 0.25) is 0 Å². The van der Waals surface area contributed by atoms with Crippen LogP contribution in [0.15, 0.2) is 17.1 Å². The van der Waals surface area contributed by atoms with Gasteiger partial charge in [0.1, 0.15) is 0 Å². The Bertz CT molecular complexity index is 345. The average Bonchev–Trinajstić information content (AvgIpc) is 2.90. The summed E-state index contributed by atoms with van der Waals surface area (Å²) in [5, 5.41) is 6.91. The van der Waals surface area contributed by atoms with Crippen molar-refractivity contribution < 1.29 is 4.74 Å². The lowest BCUT2D eigenvalue weighted by Crippen LogP contribution is -2.44. The van der Waals surface area contributed by atoms with Gasteiger partial charge in [0.15, 0.2) is 5.96 Å². The summed E-state index contributed by atoms with van der Waals surface area (Å²) in [4.78, 5) is 4.84. The molecule has 0 unspecified atom stereocenters. The fourth-order valence-corrected chi connectivity index (χ4v) is 2.98. The van der Waals surface area contributed by atoms with Crippen LogP contribution >= 0.6 is 24.0 Å². The van der Waals surface area contributed by atoms with Crippen LogP contribution in [0.2, 0.25) is 0 Å². The Morgan fingerprint density at radius 2 is 2.05 bits per heavy atom. The summed E-state index contributed by atoms with van der Waals surface area (Å²) in [5.74, 6) is 0.977. The van der Waals surface area contributed by atoms with Gasteiger partial charge in [-0.1, -0.05) is 18.6 Å². The molecule has 0 aromatic rings. The lowest BCUT2D eigenvalue weighted by atomic mass is 9.67. The van der Waals surface area contributed by atoms with Crippen LogP contribution in [0.25, 0.3) is 0 Å². The minimum absolute atomic E-state index is 0. The molecule has 122 valence electrons. The van der Waals surface area contributed by atoms with Crippen molar-refractivity contribution in [3.05, 3.63) is 12.2 Å². The van der Waals surface area contributed by atoms with E-state index in [-0.39, 0.29) is 24.0 Å². The third-order valence-corrected chi connectivity index (χ3v) is 4.52. The highest BCUT2D eigenvalue weighted by molar-refractivity contribution is 14.0. The van der Waals surface area contributed by atoms with E-state index < -0.39 is 0 Å². The van der Waals surface area contributed by atoms with Gasteiger partial charge in [0.25, 0.3) is 0 Å². The predicted octanol–water partition coefficient (Wildman–Crippen LogP) is 3.08. The summed E-state index contributed by atoms with van der Waals surface area (Å²) >= 11 is 0. The summed E-state index contributed by atoms with van der Waals surface area (Å²) in [5.41, 5.74) is 0.395. The third kappa shape index (κ3) is 5.77. The molecular weight excluding hydrogens is 377 g/mol. The molecule has 1 fully saturated rings. The van der Waals surface area contributed by atoms with Crippen molar-refractivity contribution in [2.45, 2.75) is 51.5 Å². The lowest BCUT2D eigenvalue weighted by Gasteiger charge is -2.41. The van der Waals surface area contributed by atoms with Gasteiger partial charge in [-0.2, -0.15) is 0 Å². The fraction of sp³-hybridized carbons (Fsp3) is 0.812. The monoisotopic (exact) mass is 407 g/mol. The van der Waals surface area contributed by atoms with Crippen molar-refractivity contribution in [2.75, 3.05) is 26.8 Å². The normalized spacial score (nSPS) is 20.8. The summed E-state index contributed by atoms with van der Waals surface area (Å²) in [6.07, 6.45) is 11.8. The molecule has 21 heavy (non-hydrogen) atoms. The van der Waals surface area contributed by atoms with Crippen LogP contribution < -0.4 is 10.6 Å². The van der Waals surface area contributed by atoms with E-state index in [0.717, 1.165) is 44.9 Å². The standard InChI is InChI=1S/C16H29N3O.HI/c1-3-17-15(19-14-7-4-5-8-14)18-13-16(9-6-10-16)11-12-20-2;/h4-5,14H,3,6-13H2,1-2H3,(H2,17,18,19);1H. The highest BCUT2D eigenvalue weighted by atomic mass is 127. The smallest absolute Gasteiger partial charge is 0.191 e. The zero-order chi connectivity index (χ0) is 14.3. The minimum Gasteiger partial charge on any atom is -0.385 e. The number of rotatable bonds is 7. The zero-order valence-corrected chi connectivity index (χ0v) is 15.7. The van der Waals surface area contributed by atoms with Crippen LogP contribution in [-0.4, -0.2) is 38.8 Å². The number of methoxy groups -OCH3 is 1. The molecule has 0 aromatic heterocycles. The van der Waals surface area contributed by atoms with E-state index >= 15 is 0 Å². The van der Waals surface area contributed by atoms with Crippen molar-refractivity contribution in [3.63, 3.8) is 0 Å². The maximum absolute atomic E-state index is 5.25. The Morgan fingerprint density at radius 1 is 1.33 bits per heavy atom. The van der Waals surface area contributed by atoms with Crippen LogP contribution in [0.3, 0.4) is 0 Å². The second-order valence-electron chi connectivity index (χ2n) is 6.08. The van der Waals surface area contributed by atoms with Gasteiger partial charge in [-0.05, 0) is 44.4 Å². The summed E-state index contributed by atoms with van der Waals surface area (Å²) in [7, 11) is 1.79. The highest BCUT2D eigenvalue weighted by Crippen LogP contribution is 2.44. The largest absolute Gasteiger partial charge is 0.385 e. The van der Waals surface area contributed by atoms with E-state index in [4.69, 9.17) is 9.73 Å². The quantitative estimate of drug-likeness (QED) is 0.295. The summed E-state index contributed by atoms with van der Waals surface area (Å²) in [6, 6.07) is 0.518. The lowest BCUT2D eigenvalue weighted by molar-refractivity contribution is 0.0778. The van der Waals surface area contributed by atoms with E-state index in [1.165, 1.54) is 19.3 Å². The number of aliphatic imine (C=N–C) groups is 1. The van der Waals surface area contributed by atoms with Crippen molar-refractivity contribution in [1.29, 1.82) is 0 Å². The van der Waals surface area contributed by atoms with Gasteiger partial charge < -0.3 is 15.4 Å². The zero-order valence-electron chi connectivity index (χ0n) is 13.4. The predicted molar refractivity (Wildman–Crippen MR) is 99.5 cm³/mol. The molecule has 5 heteroatoms. The van der Waals surface area contributed by atoms with Gasteiger partial charge in [-0.3, -0.25) is 4.99 Å². The van der Waals surface area contributed by atoms with E-state index in [1.54, 1.807) is 7.11 Å². The SMILES string of the molecule is CCNC(=NCC1(CCOC)CCC1)NC1CC=CC1.I. The second kappa shape index (κ2) is 9.66. The van der Waals surface area contributed by atoms with Gasteiger partial charge in [0, 0.05) is 32.8 Å². The molecule has 0 aromatic carbocycles. The van der Waals surface area contributed by atoms with Crippen LogP contribution in [0.4, 0.5) is 0 Å². The van der Waals surface area contributed by atoms with E-state index in [9.17, 15) is 0 Å². The Kier molecular flexibility index (Phi) is 8.63. The molecule has 1 saturated carbocycles. The first-order valence-electron chi connectivity index (χ1n) is 7.97. The molecular formula is C16H30IN3O. The van der Waals surface area contributed by atoms with Crippen LogP contribution in [-0.2, 0) is 4.74 Å². The van der Waals surface area contributed by atoms with Gasteiger partial charge in [-0.25, -0.2) is 0 Å². The van der Waals surface area contributed by atoms with E-state index in [2.05, 4.69) is 29.7 Å². The van der Waals surface area contributed by atoms with E-state index in [1.807, 2.05) is 0 Å². The van der Waals surface area contributed by atoms with Crippen molar-refractivity contribution in [3.8, 4) is 0 Å². The first-order chi connectivity index (χ1) is 9.78. The molecule has 0 radical (unpaired) electrons. The Labute approximate surface area is 146 Å². The topological polar surface area (TPSA) is 45.7 Å². The molecule has 0 aliphatic heterocycles. The Balaban J connectivity index is 0.00000220. The molecule has 2 aliphatic carbocycles. The van der Waals surface area contributed by atoms with Gasteiger partial charge >= 0.3 is 0 Å². The fourth-order valence-electron chi connectivity index (χ4n) is 2.98. The van der Waals surface area contributed by atoms with Crippen molar-refractivity contribution in [2.24, 2.45) is 10.4 Å². The highest BCUT2D eigenvalue weighted by Gasteiger charge is 2.36. The number of halogens is 1. The first kappa shape index (κ1) is 18.7. The van der Waals surface area contributed by atoms with Gasteiger partial charge in [-0.15, -0.1) is 24.0 Å². The summed E-state index contributed by atoms with van der Waals surface area (Å²) < 4.78 is 5.25. The molecule has 2 N–H and O–H groups in total. The Morgan fingerprint density at radius 3 is 2.57 bits per heavy atom. The maximum atomic E-state index is 5.25. The number of nitrogens with one attached hydrogen (secondary N) is 2. The molecule has 0 bridgehead atoms. The van der Waals surface area contributed by atoms with Crippen LogP contribution in [0.5, 0.6) is 0 Å². The van der Waals surface area contributed by atoms with Crippen molar-refractivity contribution in [1.82, 2.24) is 10.6 Å². The Hall–Kier alpha value is -0.300. The average molecular weight is 407 g/mol. The maximum Gasteiger partial charge on any atom is 0.191 e. The molecule has 0 spiro atoms. The molecule has 0 heterocycles. The molecule has 0 amide bonds. The number of hydrogen-bond acceptors (Lipinski definition) is 2. The number of ether oxygens (including phenoxy) is 1. The molecule has 0 atom stereocenters. The number of guanidine groups is 1. The molecule has 4 nitrogen and oxygen atoms in total. The molecule has 2 aliphatic rings. The second-order valence-corrected chi connectivity index (χ2v) is 6.08. The minimum atomic E-state index is 0.